The van der Waals surface area contributed by atoms with Gasteiger partial charge in [-0.25, -0.2) is 4.98 Å². The lowest BCUT2D eigenvalue weighted by atomic mass is 10.1. The first-order valence-electron chi connectivity index (χ1n) is 10.5. The zero-order chi connectivity index (χ0) is 22.1. The summed E-state index contributed by atoms with van der Waals surface area (Å²) in [6, 6.07) is 19.6. The number of aromatic amines is 1. The molecule has 4 aromatic rings. The lowest BCUT2D eigenvalue weighted by molar-refractivity contribution is -0.384. The largest absolute Gasteiger partial charge is 0.371 e. The fourth-order valence-electron chi connectivity index (χ4n) is 4.12. The fraction of sp³-hybridized carbons (Fsp3) is 0.167. The molecule has 160 valence electrons. The number of benzene rings is 3. The summed E-state index contributed by atoms with van der Waals surface area (Å²) in [5, 5.41) is 14.3. The minimum atomic E-state index is -0.479. The molecule has 0 atom stereocenters. The van der Waals surface area contributed by atoms with Gasteiger partial charge in [0.05, 0.1) is 32.9 Å². The maximum Gasteiger partial charge on any atom is 0.270 e. The number of H-pyrrole nitrogens is 1. The lowest BCUT2D eigenvalue weighted by Gasteiger charge is -2.21. The molecular weight excluding hydrogens is 406 g/mol. The number of hydrogen-bond donors (Lipinski definition) is 2. The highest BCUT2D eigenvalue weighted by molar-refractivity contribution is 6.10. The highest BCUT2D eigenvalue weighted by atomic mass is 16.6. The molecule has 1 fully saturated rings. The number of fused-ring (bicyclic) bond motifs is 1. The van der Waals surface area contributed by atoms with Gasteiger partial charge in [0.25, 0.3) is 11.6 Å². The van der Waals surface area contributed by atoms with Crippen LogP contribution in [-0.2, 0) is 0 Å². The van der Waals surface area contributed by atoms with Crippen LogP contribution in [-0.4, -0.2) is 33.9 Å². The molecule has 1 aliphatic heterocycles. The van der Waals surface area contributed by atoms with E-state index < -0.39 is 4.92 Å². The Hall–Kier alpha value is -4.20. The number of anilines is 2. The van der Waals surface area contributed by atoms with Crippen molar-refractivity contribution < 1.29 is 9.72 Å². The third-order valence-electron chi connectivity index (χ3n) is 5.70. The van der Waals surface area contributed by atoms with Gasteiger partial charge in [0, 0.05) is 30.8 Å². The van der Waals surface area contributed by atoms with Crippen molar-refractivity contribution >= 4 is 34.0 Å². The molecule has 0 unspecified atom stereocenters. The molecule has 0 saturated carbocycles. The Balaban J connectivity index is 1.52. The van der Waals surface area contributed by atoms with Crippen LogP contribution in [0.1, 0.15) is 23.2 Å². The number of rotatable bonds is 5. The Morgan fingerprint density at radius 3 is 2.56 bits per heavy atom. The molecule has 0 spiro atoms. The quantitative estimate of drug-likeness (QED) is 0.345. The lowest BCUT2D eigenvalue weighted by Crippen LogP contribution is -2.23. The van der Waals surface area contributed by atoms with E-state index in [1.807, 2.05) is 42.5 Å². The molecule has 2 heterocycles. The number of hydrogen-bond acceptors (Lipinski definition) is 5. The standard InChI is InChI=1S/C24H21N5O3/c30-24(18-15-16(29(31)32)11-12-22(18)28-13-5-6-14-28)27-19-8-2-1-7-17(19)23-25-20-9-3-4-10-21(20)26-23/h1-4,7-12,15H,5-6,13-14H2,(H,25,26)(H,27,30). The summed E-state index contributed by atoms with van der Waals surface area (Å²) < 4.78 is 0. The Kier molecular flexibility index (Phi) is 5.03. The number of nitro benzene ring substituents is 1. The number of para-hydroxylation sites is 3. The van der Waals surface area contributed by atoms with E-state index in [-0.39, 0.29) is 11.6 Å². The number of imidazole rings is 1. The molecule has 3 aromatic carbocycles. The molecule has 1 saturated heterocycles. The molecule has 5 rings (SSSR count). The van der Waals surface area contributed by atoms with E-state index in [0.29, 0.717) is 22.8 Å². The summed E-state index contributed by atoms with van der Waals surface area (Å²) in [4.78, 5) is 34.2. The van der Waals surface area contributed by atoms with E-state index in [0.717, 1.165) is 42.5 Å². The van der Waals surface area contributed by atoms with Gasteiger partial charge in [-0.1, -0.05) is 24.3 Å². The van der Waals surface area contributed by atoms with Crippen LogP contribution in [0, 0.1) is 10.1 Å². The molecule has 2 N–H and O–H groups in total. The molecule has 0 aliphatic carbocycles. The van der Waals surface area contributed by atoms with Crippen molar-refractivity contribution in [1.29, 1.82) is 0 Å². The van der Waals surface area contributed by atoms with Crippen molar-refractivity contribution in [2.24, 2.45) is 0 Å². The van der Waals surface area contributed by atoms with Crippen LogP contribution in [0.2, 0.25) is 0 Å². The average molecular weight is 427 g/mol. The molecule has 8 heteroatoms. The number of nitro groups is 1. The molecule has 1 aromatic heterocycles. The Labute approximate surface area is 184 Å². The van der Waals surface area contributed by atoms with E-state index >= 15 is 0 Å². The monoisotopic (exact) mass is 427 g/mol. The van der Waals surface area contributed by atoms with Crippen LogP contribution in [0.5, 0.6) is 0 Å². The second-order valence-corrected chi connectivity index (χ2v) is 7.75. The molecule has 0 bridgehead atoms. The van der Waals surface area contributed by atoms with Gasteiger partial charge in [-0.15, -0.1) is 0 Å². The Bertz CT molecular complexity index is 1290. The minimum absolute atomic E-state index is 0.108. The normalized spacial score (nSPS) is 13.4. The zero-order valence-corrected chi connectivity index (χ0v) is 17.2. The number of aromatic nitrogens is 2. The van der Waals surface area contributed by atoms with Gasteiger partial charge in [-0.3, -0.25) is 14.9 Å². The third-order valence-corrected chi connectivity index (χ3v) is 5.70. The molecular formula is C24H21N5O3. The number of nitrogens with one attached hydrogen (secondary N) is 2. The van der Waals surface area contributed by atoms with E-state index in [1.54, 1.807) is 12.1 Å². The van der Waals surface area contributed by atoms with Gasteiger partial charge in [-0.2, -0.15) is 0 Å². The predicted molar refractivity (Wildman–Crippen MR) is 124 cm³/mol. The molecule has 0 radical (unpaired) electrons. The third kappa shape index (κ3) is 3.66. The van der Waals surface area contributed by atoms with Gasteiger partial charge < -0.3 is 15.2 Å². The van der Waals surface area contributed by atoms with E-state index in [9.17, 15) is 14.9 Å². The first-order chi connectivity index (χ1) is 15.6. The van der Waals surface area contributed by atoms with Gasteiger partial charge in [0.1, 0.15) is 5.82 Å². The topological polar surface area (TPSA) is 104 Å². The SMILES string of the molecule is O=C(Nc1ccccc1-c1nc2ccccc2[nH]1)c1cc([N+](=O)[O-])ccc1N1CCCC1. The van der Waals surface area contributed by atoms with Crippen molar-refractivity contribution in [1.82, 2.24) is 9.97 Å². The summed E-state index contributed by atoms with van der Waals surface area (Å²) in [5.41, 5.74) is 3.95. The van der Waals surface area contributed by atoms with Crippen molar-refractivity contribution in [2.45, 2.75) is 12.8 Å². The second kappa shape index (κ2) is 8.14. The van der Waals surface area contributed by atoms with Crippen LogP contribution in [0.15, 0.2) is 66.7 Å². The van der Waals surface area contributed by atoms with Crippen LogP contribution < -0.4 is 10.2 Å². The highest BCUT2D eigenvalue weighted by Gasteiger charge is 2.23. The van der Waals surface area contributed by atoms with Crippen molar-refractivity contribution in [3.05, 3.63) is 82.4 Å². The number of carbonyl (C=O) groups excluding carboxylic acids is 1. The van der Waals surface area contributed by atoms with Gasteiger partial charge in [-0.05, 0) is 43.2 Å². The van der Waals surface area contributed by atoms with Crippen LogP contribution in [0.3, 0.4) is 0 Å². The maximum atomic E-state index is 13.3. The van der Waals surface area contributed by atoms with E-state index in [4.69, 9.17) is 0 Å². The smallest absolute Gasteiger partial charge is 0.270 e. The molecule has 32 heavy (non-hydrogen) atoms. The fourth-order valence-corrected chi connectivity index (χ4v) is 4.12. The zero-order valence-electron chi connectivity index (χ0n) is 17.2. The summed E-state index contributed by atoms with van der Waals surface area (Å²) in [7, 11) is 0. The molecule has 8 nitrogen and oxygen atoms in total. The van der Waals surface area contributed by atoms with Crippen LogP contribution >= 0.6 is 0 Å². The second-order valence-electron chi connectivity index (χ2n) is 7.75. The number of carbonyl (C=O) groups is 1. The molecule has 1 amide bonds. The summed E-state index contributed by atoms with van der Waals surface area (Å²) in [5.74, 6) is 0.250. The Morgan fingerprint density at radius 1 is 1.03 bits per heavy atom. The highest BCUT2D eigenvalue weighted by Crippen LogP contribution is 2.31. The number of amides is 1. The summed E-state index contributed by atoms with van der Waals surface area (Å²) >= 11 is 0. The van der Waals surface area contributed by atoms with Crippen LogP contribution in [0.25, 0.3) is 22.4 Å². The van der Waals surface area contributed by atoms with Gasteiger partial charge in [0.2, 0.25) is 0 Å². The maximum absolute atomic E-state index is 13.3. The average Bonchev–Trinajstić information content (AvgIpc) is 3.49. The van der Waals surface area contributed by atoms with Gasteiger partial charge >= 0.3 is 0 Å². The van der Waals surface area contributed by atoms with Gasteiger partial charge in [0.15, 0.2) is 0 Å². The minimum Gasteiger partial charge on any atom is -0.371 e. The predicted octanol–water partition coefficient (Wildman–Crippen LogP) is 4.99. The van der Waals surface area contributed by atoms with Crippen molar-refractivity contribution in [2.75, 3.05) is 23.3 Å². The number of nitrogens with zero attached hydrogens (tertiary/aromatic N) is 3. The van der Waals surface area contributed by atoms with E-state index in [1.165, 1.54) is 12.1 Å². The molecule has 1 aliphatic rings. The van der Waals surface area contributed by atoms with E-state index in [2.05, 4.69) is 20.2 Å². The van der Waals surface area contributed by atoms with Crippen molar-refractivity contribution in [3.8, 4) is 11.4 Å². The summed E-state index contributed by atoms with van der Waals surface area (Å²) in [6.45, 7) is 1.65. The summed E-state index contributed by atoms with van der Waals surface area (Å²) in [6.07, 6.45) is 2.07. The van der Waals surface area contributed by atoms with Crippen molar-refractivity contribution in [3.63, 3.8) is 0 Å². The number of non-ortho nitro benzene ring substituents is 1. The Morgan fingerprint density at radius 2 is 1.78 bits per heavy atom. The first-order valence-corrected chi connectivity index (χ1v) is 10.5. The first kappa shape index (κ1) is 19.7. The van der Waals surface area contributed by atoms with Crippen LogP contribution in [0.4, 0.5) is 17.1 Å².